The molecule has 0 bridgehead atoms. The number of benzene rings is 9. The van der Waals surface area contributed by atoms with Crippen molar-refractivity contribution in [2.45, 2.75) is 0 Å². The summed E-state index contributed by atoms with van der Waals surface area (Å²) in [5.41, 5.74) is 14.5. The van der Waals surface area contributed by atoms with Gasteiger partial charge in [0.2, 0.25) is 0 Å². The molecule has 272 valence electrons. The first-order chi connectivity index (χ1) is 28.8. The van der Waals surface area contributed by atoms with Crippen molar-refractivity contribution < 1.29 is 0 Å². The van der Waals surface area contributed by atoms with Gasteiger partial charge in [-0.1, -0.05) is 164 Å². The molecule has 11 rings (SSSR count). The molecule has 2 heterocycles. The minimum atomic E-state index is 0.959. The lowest BCUT2D eigenvalue weighted by Gasteiger charge is -2.29. The fourth-order valence-electron chi connectivity index (χ4n) is 8.59. The Hall–Kier alpha value is -7.75. The lowest BCUT2D eigenvalue weighted by Crippen LogP contribution is -2.11. The van der Waals surface area contributed by atoms with E-state index in [0.717, 1.165) is 67.1 Å². The van der Waals surface area contributed by atoms with Gasteiger partial charge in [0.25, 0.3) is 0 Å². The van der Waals surface area contributed by atoms with Crippen LogP contribution in [0.5, 0.6) is 0 Å². The second-order valence-corrected chi connectivity index (χ2v) is 14.8. The molecule has 11 aromatic rings. The summed E-state index contributed by atoms with van der Waals surface area (Å²) in [6.07, 6.45) is 0. The molecule has 0 aliphatic carbocycles. The van der Waals surface area contributed by atoms with E-state index in [0.29, 0.717) is 0 Å². The molecule has 3 heteroatoms. The molecule has 0 aliphatic heterocycles. The lowest BCUT2D eigenvalue weighted by atomic mass is 9.99. The molecule has 0 unspecified atom stereocenters. The first-order valence-electron chi connectivity index (χ1n) is 19.8. The van der Waals surface area contributed by atoms with Crippen molar-refractivity contribution in [2.75, 3.05) is 4.90 Å². The molecule has 0 N–H and O–H groups in total. The maximum atomic E-state index is 5.09. The molecule has 9 aromatic carbocycles. The van der Waals surface area contributed by atoms with Crippen molar-refractivity contribution in [3.05, 3.63) is 224 Å². The minimum Gasteiger partial charge on any atom is -0.309 e. The third kappa shape index (κ3) is 5.80. The molecule has 58 heavy (non-hydrogen) atoms. The Labute approximate surface area is 337 Å². The molecule has 3 nitrogen and oxygen atoms in total. The first kappa shape index (κ1) is 33.6. The Morgan fingerprint density at radius 2 is 0.948 bits per heavy atom. The van der Waals surface area contributed by atoms with Gasteiger partial charge in [-0.05, 0) is 82.7 Å². The lowest BCUT2D eigenvalue weighted by molar-refractivity contribution is 1.18. The van der Waals surface area contributed by atoms with E-state index in [1.54, 1.807) is 0 Å². The maximum absolute atomic E-state index is 5.09. The summed E-state index contributed by atoms with van der Waals surface area (Å²) in [6, 6.07) is 80.6. The highest BCUT2D eigenvalue weighted by molar-refractivity contribution is 6.12. The fourth-order valence-corrected chi connectivity index (χ4v) is 8.59. The monoisotopic (exact) mass is 739 g/mol. The molecule has 0 fully saturated rings. The van der Waals surface area contributed by atoms with Crippen LogP contribution in [-0.2, 0) is 0 Å². The van der Waals surface area contributed by atoms with Crippen LogP contribution >= 0.6 is 0 Å². The number of aromatic nitrogens is 2. The van der Waals surface area contributed by atoms with E-state index in [1.807, 2.05) is 0 Å². The smallest absolute Gasteiger partial charge is 0.0710 e. The topological polar surface area (TPSA) is 21.1 Å². The van der Waals surface area contributed by atoms with Crippen LogP contribution in [0.2, 0.25) is 0 Å². The van der Waals surface area contributed by atoms with Gasteiger partial charge in [0.05, 0.1) is 33.6 Å². The number of hydrogen-bond donors (Lipinski definition) is 0. The molecular weight excluding hydrogens is 703 g/mol. The summed E-state index contributed by atoms with van der Waals surface area (Å²) in [5, 5.41) is 5.96. The van der Waals surface area contributed by atoms with E-state index in [4.69, 9.17) is 4.98 Å². The van der Waals surface area contributed by atoms with Crippen LogP contribution in [0, 0.1) is 0 Å². The highest BCUT2D eigenvalue weighted by Crippen LogP contribution is 2.45. The summed E-state index contributed by atoms with van der Waals surface area (Å²) < 4.78 is 2.43. The fraction of sp³-hybridized carbons (Fsp3) is 0. The predicted octanol–water partition coefficient (Wildman–Crippen LogP) is 15.0. The quantitative estimate of drug-likeness (QED) is 0.162. The van der Waals surface area contributed by atoms with Gasteiger partial charge >= 0.3 is 0 Å². The van der Waals surface area contributed by atoms with Gasteiger partial charge in [-0.15, -0.1) is 0 Å². The predicted molar refractivity (Wildman–Crippen MR) is 245 cm³/mol. The van der Waals surface area contributed by atoms with Gasteiger partial charge in [0.15, 0.2) is 0 Å². The second kappa shape index (κ2) is 14.1. The Bertz CT molecular complexity index is 3270. The van der Waals surface area contributed by atoms with E-state index in [9.17, 15) is 0 Å². The molecule has 0 saturated heterocycles. The van der Waals surface area contributed by atoms with Crippen LogP contribution in [0.25, 0.3) is 82.7 Å². The van der Waals surface area contributed by atoms with Gasteiger partial charge in [-0.25, -0.2) is 4.98 Å². The molecule has 0 spiro atoms. The largest absolute Gasteiger partial charge is 0.309 e. The van der Waals surface area contributed by atoms with E-state index in [1.165, 1.54) is 32.7 Å². The van der Waals surface area contributed by atoms with Crippen molar-refractivity contribution in [3.8, 4) is 39.2 Å². The standard InChI is InChI=1S/C55H37N3/c1-3-14-38(15-4-1)39-26-31-45(32-27-39)58-54-36-42(28-33-48(54)49-34-29-43(37-55(49)58)51-35-30-41-17-8-11-23-50(41)56-51)47-22-10-12-24-52(47)57(44-19-5-2-6-20-44)53-25-13-18-40-16-7-9-21-46(40)53/h1-37H. The normalized spacial score (nSPS) is 11.4. The number of anilines is 3. The average Bonchev–Trinajstić information content (AvgIpc) is 3.63. The SMILES string of the molecule is c1ccc(-c2ccc(-n3c4cc(-c5ccc6ccccc6n5)ccc4c4ccc(-c5ccccc5N(c5ccccc5)c5cccc6ccccc56)cc43)cc2)cc1. The maximum Gasteiger partial charge on any atom is 0.0710 e. The van der Waals surface area contributed by atoms with Crippen LogP contribution in [-0.4, -0.2) is 9.55 Å². The molecular formula is C55H37N3. The van der Waals surface area contributed by atoms with E-state index in [2.05, 4.69) is 234 Å². The summed E-state index contributed by atoms with van der Waals surface area (Å²) >= 11 is 0. The van der Waals surface area contributed by atoms with E-state index in [-0.39, 0.29) is 0 Å². The summed E-state index contributed by atoms with van der Waals surface area (Å²) in [4.78, 5) is 7.49. The van der Waals surface area contributed by atoms with Crippen LogP contribution in [0.3, 0.4) is 0 Å². The van der Waals surface area contributed by atoms with Gasteiger partial charge in [-0.3, -0.25) is 0 Å². The van der Waals surface area contributed by atoms with Crippen molar-refractivity contribution in [2.24, 2.45) is 0 Å². The van der Waals surface area contributed by atoms with E-state index >= 15 is 0 Å². The Morgan fingerprint density at radius 3 is 1.76 bits per heavy atom. The van der Waals surface area contributed by atoms with Gasteiger partial charge in [0, 0.05) is 44.0 Å². The zero-order valence-electron chi connectivity index (χ0n) is 31.7. The Balaban J connectivity index is 1.13. The van der Waals surface area contributed by atoms with Crippen LogP contribution in [0.15, 0.2) is 224 Å². The zero-order valence-corrected chi connectivity index (χ0v) is 31.7. The number of rotatable bonds is 7. The summed E-state index contributed by atoms with van der Waals surface area (Å²) in [6.45, 7) is 0. The highest BCUT2D eigenvalue weighted by Gasteiger charge is 2.21. The highest BCUT2D eigenvalue weighted by atomic mass is 15.1. The van der Waals surface area contributed by atoms with E-state index < -0.39 is 0 Å². The van der Waals surface area contributed by atoms with Crippen LogP contribution in [0.4, 0.5) is 17.1 Å². The van der Waals surface area contributed by atoms with Gasteiger partial charge in [-0.2, -0.15) is 0 Å². The van der Waals surface area contributed by atoms with Crippen molar-refractivity contribution in [1.82, 2.24) is 9.55 Å². The molecule has 0 atom stereocenters. The minimum absolute atomic E-state index is 0.959. The second-order valence-electron chi connectivity index (χ2n) is 14.8. The molecule has 0 amide bonds. The Kier molecular flexibility index (Phi) is 8.15. The number of hydrogen-bond acceptors (Lipinski definition) is 2. The van der Waals surface area contributed by atoms with Crippen molar-refractivity contribution >= 4 is 60.5 Å². The zero-order chi connectivity index (χ0) is 38.4. The van der Waals surface area contributed by atoms with Gasteiger partial charge in [0.1, 0.15) is 0 Å². The Morgan fingerprint density at radius 1 is 0.362 bits per heavy atom. The number of pyridine rings is 1. The number of para-hydroxylation sites is 3. The molecule has 0 saturated carbocycles. The van der Waals surface area contributed by atoms with Crippen LogP contribution < -0.4 is 4.90 Å². The molecule has 0 aliphatic rings. The first-order valence-corrected chi connectivity index (χ1v) is 19.8. The average molecular weight is 740 g/mol. The van der Waals surface area contributed by atoms with Crippen LogP contribution in [0.1, 0.15) is 0 Å². The molecule has 0 radical (unpaired) electrons. The summed E-state index contributed by atoms with van der Waals surface area (Å²) in [7, 11) is 0. The van der Waals surface area contributed by atoms with Gasteiger partial charge < -0.3 is 9.47 Å². The third-order valence-corrected chi connectivity index (χ3v) is 11.4. The number of nitrogens with zero attached hydrogens (tertiary/aromatic N) is 3. The van der Waals surface area contributed by atoms with Crippen molar-refractivity contribution in [3.63, 3.8) is 0 Å². The third-order valence-electron chi connectivity index (χ3n) is 11.4. The van der Waals surface area contributed by atoms with Crippen molar-refractivity contribution in [1.29, 1.82) is 0 Å². The molecule has 2 aromatic heterocycles. The number of fused-ring (bicyclic) bond motifs is 5. The summed E-state index contributed by atoms with van der Waals surface area (Å²) in [5.74, 6) is 0.